The van der Waals surface area contributed by atoms with E-state index in [1.807, 2.05) is 60.7 Å². The van der Waals surface area contributed by atoms with Gasteiger partial charge in [-0.2, -0.15) is 18.2 Å². The van der Waals surface area contributed by atoms with Gasteiger partial charge < -0.3 is 34.7 Å². The van der Waals surface area contributed by atoms with Crippen molar-refractivity contribution in [1.82, 2.24) is 15.7 Å². The fourth-order valence-corrected chi connectivity index (χ4v) is 8.47. The van der Waals surface area contributed by atoms with E-state index in [0.29, 0.717) is 33.4 Å². The van der Waals surface area contributed by atoms with Crippen LogP contribution in [-0.4, -0.2) is 90.3 Å². The van der Waals surface area contributed by atoms with Gasteiger partial charge in [0.15, 0.2) is 12.6 Å². The maximum absolute atomic E-state index is 14.9. The Labute approximate surface area is 342 Å². The van der Waals surface area contributed by atoms with Crippen LogP contribution in [0.25, 0.3) is 6.08 Å². The zero-order valence-corrected chi connectivity index (χ0v) is 31.9. The van der Waals surface area contributed by atoms with Gasteiger partial charge in [0, 0.05) is 42.3 Å². The first kappa shape index (κ1) is 40.9. The number of carbonyl (C=O) groups excluding carboxylic acids is 4. The summed E-state index contributed by atoms with van der Waals surface area (Å²) in [7, 11) is 0. The number of carbonyl (C=O) groups is 4. The average Bonchev–Trinajstić information content (AvgIpc) is 3.83. The van der Waals surface area contributed by atoms with Gasteiger partial charge in [0.25, 0.3) is 5.91 Å². The van der Waals surface area contributed by atoms with Crippen LogP contribution in [0.15, 0.2) is 115 Å². The smallest absolute Gasteiger partial charge is 0.422 e. The lowest BCUT2D eigenvalue weighted by Gasteiger charge is -2.48. The Morgan fingerprint density at radius 2 is 1.55 bits per heavy atom. The lowest BCUT2D eigenvalue weighted by Crippen LogP contribution is -2.69. The largest absolute Gasteiger partial charge is 0.458 e. The molecule has 0 aromatic heterocycles. The molecule has 312 valence electrons. The molecule has 0 unspecified atom stereocenters. The molecule has 8 rings (SSSR count). The van der Waals surface area contributed by atoms with Crippen molar-refractivity contribution in [3.8, 4) is 0 Å². The number of benzene rings is 4. The van der Waals surface area contributed by atoms with Crippen LogP contribution < -0.4 is 10.6 Å². The monoisotopic (exact) mass is 827 g/mol. The summed E-state index contributed by atoms with van der Waals surface area (Å²) < 4.78 is 62.0. The minimum absolute atomic E-state index is 0.00986. The highest BCUT2D eigenvalue weighted by Crippen LogP contribution is 2.59. The SMILES string of the molecule is O=C(C=Cc1cccc(CN2O[C@@H]3[C@H]4OC(c5ccccc5)(c5ccccc5)O[C@H]4[C@H]4C[C@]3(C(=O)NCc3cccc(C(=O)NCCO)c3)[C@@H]2C(=O)O4)c1)OCC(F)(F)F. The third-order valence-electron chi connectivity index (χ3n) is 11.0. The molecule has 3 saturated heterocycles. The summed E-state index contributed by atoms with van der Waals surface area (Å²) >= 11 is 0. The van der Waals surface area contributed by atoms with Gasteiger partial charge in [-0.25, -0.2) is 4.79 Å². The number of halogens is 3. The van der Waals surface area contributed by atoms with Crippen molar-refractivity contribution in [2.75, 3.05) is 19.8 Å². The van der Waals surface area contributed by atoms with Crippen LogP contribution in [0.2, 0.25) is 0 Å². The van der Waals surface area contributed by atoms with Crippen LogP contribution in [0.4, 0.5) is 13.2 Å². The fourth-order valence-electron chi connectivity index (χ4n) is 8.47. The van der Waals surface area contributed by atoms with Crippen molar-refractivity contribution < 1.29 is 61.2 Å². The lowest BCUT2D eigenvalue weighted by molar-refractivity contribution is -0.213. The quantitative estimate of drug-likeness (QED) is 0.130. The van der Waals surface area contributed by atoms with Crippen LogP contribution in [0.3, 0.4) is 0 Å². The van der Waals surface area contributed by atoms with Crippen LogP contribution in [-0.2, 0) is 57.0 Å². The number of ether oxygens (including phenoxy) is 4. The Bertz CT molecular complexity index is 2240. The molecule has 6 atom stereocenters. The Kier molecular flexibility index (Phi) is 11.3. The second-order valence-electron chi connectivity index (χ2n) is 14.9. The number of hydrogen-bond donors (Lipinski definition) is 3. The molecule has 4 aromatic rings. The van der Waals surface area contributed by atoms with E-state index < -0.39 is 78.2 Å². The van der Waals surface area contributed by atoms with E-state index >= 15 is 0 Å². The molecular formula is C44H40F3N3O10. The molecule has 3 N–H and O–H groups in total. The normalized spacial score (nSPS) is 25.3. The van der Waals surface area contributed by atoms with Crippen LogP contribution in [0.5, 0.6) is 0 Å². The lowest BCUT2D eigenvalue weighted by atomic mass is 9.62. The molecule has 2 bridgehead atoms. The van der Waals surface area contributed by atoms with Gasteiger partial charge >= 0.3 is 18.1 Å². The Balaban J connectivity index is 1.12. The van der Waals surface area contributed by atoms with Crippen molar-refractivity contribution >= 4 is 29.8 Å². The molecule has 4 fully saturated rings. The fraction of sp³-hybridized carbons (Fsp3) is 0.318. The highest BCUT2D eigenvalue weighted by atomic mass is 19.4. The summed E-state index contributed by atoms with van der Waals surface area (Å²) in [6.07, 6.45) is -6.26. The maximum Gasteiger partial charge on any atom is 0.422 e. The zero-order valence-electron chi connectivity index (χ0n) is 31.9. The first-order chi connectivity index (χ1) is 28.9. The highest BCUT2D eigenvalue weighted by molar-refractivity contribution is 5.95. The van der Waals surface area contributed by atoms with E-state index in [1.165, 1.54) is 11.1 Å². The maximum atomic E-state index is 14.9. The molecule has 1 saturated carbocycles. The molecule has 0 radical (unpaired) electrons. The van der Waals surface area contributed by atoms with Crippen molar-refractivity contribution in [2.24, 2.45) is 5.41 Å². The molecule has 60 heavy (non-hydrogen) atoms. The zero-order chi connectivity index (χ0) is 42.1. The molecule has 1 aliphatic carbocycles. The van der Waals surface area contributed by atoms with Gasteiger partial charge in [0.2, 0.25) is 11.7 Å². The number of aliphatic hydroxyl groups excluding tert-OH is 1. The minimum Gasteiger partial charge on any atom is -0.458 e. The number of fused-ring (bicyclic) bond motifs is 4. The Hall–Kier alpha value is -5.91. The van der Waals surface area contributed by atoms with E-state index in [2.05, 4.69) is 15.4 Å². The molecule has 2 amide bonds. The second kappa shape index (κ2) is 16.6. The number of alkyl halides is 3. The van der Waals surface area contributed by atoms with Gasteiger partial charge in [-0.15, -0.1) is 0 Å². The average molecular weight is 828 g/mol. The van der Waals surface area contributed by atoms with Gasteiger partial charge in [-0.3, -0.25) is 19.2 Å². The molecule has 16 heteroatoms. The highest BCUT2D eigenvalue weighted by Gasteiger charge is 2.76. The molecule has 3 aliphatic heterocycles. The van der Waals surface area contributed by atoms with Gasteiger partial charge in [-0.1, -0.05) is 97.1 Å². The minimum atomic E-state index is -4.67. The number of esters is 2. The summed E-state index contributed by atoms with van der Waals surface area (Å²) in [5.74, 6) is -4.26. The van der Waals surface area contributed by atoms with E-state index in [4.69, 9.17) is 24.2 Å². The van der Waals surface area contributed by atoms with E-state index in [0.717, 1.165) is 6.08 Å². The molecule has 4 aliphatic rings. The molecule has 0 spiro atoms. The number of hydroxylamine groups is 2. The van der Waals surface area contributed by atoms with Gasteiger partial charge in [0.05, 0.1) is 13.2 Å². The Morgan fingerprint density at radius 3 is 2.25 bits per heavy atom. The number of rotatable bonds is 13. The summed E-state index contributed by atoms with van der Waals surface area (Å²) in [5.41, 5.74) is 1.73. The standard InChI is InChI=1S/C44H40F3N3O10/c45-43(46,47)26-56-34(52)18-17-27-9-7-11-29(21-27)25-50-37-40(54)57-33-23-42(37,41(55)49-24-28-10-8-12-30(22-28)39(53)48-19-20-51)38(60-50)36-35(33)58-44(59-36,31-13-3-1-4-14-31)32-15-5-2-6-16-32/h1-18,21-22,33,35-38,51H,19-20,23-26H2,(H,48,53)(H,49,55)/t33-,35+,36+,37+,38-,42+/m1/s1. The first-order valence-corrected chi connectivity index (χ1v) is 19.3. The molecule has 3 heterocycles. The van der Waals surface area contributed by atoms with Crippen LogP contribution >= 0.6 is 0 Å². The van der Waals surface area contributed by atoms with Crippen LogP contribution in [0.1, 0.15) is 44.6 Å². The van der Waals surface area contributed by atoms with E-state index in [-0.39, 0.29) is 32.7 Å². The number of nitrogens with zero attached hydrogens (tertiary/aromatic N) is 1. The predicted molar refractivity (Wildman–Crippen MR) is 205 cm³/mol. The summed E-state index contributed by atoms with van der Waals surface area (Å²) in [5, 5.41) is 16.2. The number of nitrogens with one attached hydrogen (secondary N) is 2. The van der Waals surface area contributed by atoms with Crippen molar-refractivity contribution in [1.29, 1.82) is 0 Å². The topological polar surface area (TPSA) is 162 Å². The Morgan fingerprint density at radius 1 is 0.867 bits per heavy atom. The van der Waals surface area contributed by atoms with E-state index in [1.54, 1.807) is 48.5 Å². The van der Waals surface area contributed by atoms with E-state index in [9.17, 15) is 32.3 Å². The molecule has 4 aromatic carbocycles. The predicted octanol–water partition coefficient (Wildman–Crippen LogP) is 4.33. The van der Waals surface area contributed by atoms with Crippen molar-refractivity contribution in [2.45, 2.75) is 61.9 Å². The summed E-state index contributed by atoms with van der Waals surface area (Å²) in [6, 6.07) is 30.7. The van der Waals surface area contributed by atoms with Crippen LogP contribution in [0, 0.1) is 5.41 Å². The first-order valence-electron chi connectivity index (χ1n) is 19.3. The van der Waals surface area contributed by atoms with Crippen molar-refractivity contribution in [3.05, 3.63) is 149 Å². The van der Waals surface area contributed by atoms with Gasteiger partial charge in [0.1, 0.15) is 29.8 Å². The third kappa shape index (κ3) is 7.91. The second-order valence-corrected chi connectivity index (χ2v) is 14.9. The molecule has 13 nitrogen and oxygen atoms in total. The summed E-state index contributed by atoms with van der Waals surface area (Å²) in [6.45, 7) is -1.94. The third-order valence-corrected chi connectivity index (χ3v) is 11.0. The summed E-state index contributed by atoms with van der Waals surface area (Å²) in [4.78, 5) is 60.5. The number of aliphatic hydroxyl groups is 1. The van der Waals surface area contributed by atoms with Gasteiger partial charge in [-0.05, 0) is 34.9 Å². The van der Waals surface area contributed by atoms with Crippen molar-refractivity contribution in [3.63, 3.8) is 0 Å². The number of hydrogen-bond acceptors (Lipinski definition) is 11. The molecular weight excluding hydrogens is 787 g/mol. The number of amides is 2.